The lowest BCUT2D eigenvalue weighted by molar-refractivity contribution is 0.0811. The molecule has 1 unspecified atom stereocenters. The summed E-state index contributed by atoms with van der Waals surface area (Å²) in [6.45, 7) is 5.92. The number of rotatable bonds is 7. The van der Waals surface area contributed by atoms with Crippen LogP contribution in [-0.2, 0) is 11.3 Å². The summed E-state index contributed by atoms with van der Waals surface area (Å²) in [4.78, 5) is 26.2. The summed E-state index contributed by atoms with van der Waals surface area (Å²) < 4.78 is 6.65. The summed E-state index contributed by atoms with van der Waals surface area (Å²) >= 11 is 0. The zero-order valence-electron chi connectivity index (χ0n) is 25.9. The topological polar surface area (TPSA) is 87.7 Å². The maximum Gasteiger partial charge on any atom is 0.323 e. The largest absolute Gasteiger partial charge is 0.507 e. The van der Waals surface area contributed by atoms with E-state index in [0.29, 0.717) is 35.5 Å². The molecule has 0 fully saturated rings. The molecular weight excluding hydrogens is 560 g/mol. The summed E-state index contributed by atoms with van der Waals surface area (Å²) in [5.41, 5.74) is 3.50. The number of carbonyl (C=O) groups excluding carboxylic acids is 2. The third kappa shape index (κ3) is 6.47. The van der Waals surface area contributed by atoms with E-state index in [1.165, 1.54) is 0 Å². The van der Waals surface area contributed by atoms with Gasteiger partial charge in [0, 0.05) is 27.9 Å². The van der Waals surface area contributed by atoms with E-state index in [-0.39, 0.29) is 23.7 Å². The monoisotopic (exact) mass is 598 g/mol. The number of amides is 2. The number of nitrogens with one attached hydrogen (secondary N) is 2. The lowest BCUT2D eigenvalue weighted by atomic mass is 9.81. The van der Waals surface area contributed by atoms with Crippen molar-refractivity contribution in [2.75, 3.05) is 10.6 Å². The first kappa shape index (κ1) is 30.1. The van der Waals surface area contributed by atoms with Crippen molar-refractivity contribution < 1.29 is 19.4 Å². The van der Waals surface area contributed by atoms with Crippen molar-refractivity contribution in [3.63, 3.8) is 0 Å². The number of phenols is 1. The second-order valence-corrected chi connectivity index (χ2v) is 12.6. The molecule has 6 nitrogen and oxygen atoms in total. The summed E-state index contributed by atoms with van der Waals surface area (Å²) in [6.07, 6.45) is 8.46. The van der Waals surface area contributed by atoms with Crippen LogP contribution in [0.15, 0.2) is 84.9 Å². The highest BCUT2D eigenvalue weighted by Crippen LogP contribution is 2.33. The minimum absolute atomic E-state index is 0.0103. The Morgan fingerprint density at radius 1 is 0.822 bits per heavy atom. The molecule has 0 saturated carbocycles. The Morgan fingerprint density at radius 3 is 2.33 bits per heavy atom. The van der Waals surface area contributed by atoms with Gasteiger partial charge in [-0.25, -0.2) is 4.79 Å². The molecule has 45 heavy (non-hydrogen) atoms. The van der Waals surface area contributed by atoms with Gasteiger partial charge in [0.25, 0.3) is 0 Å². The molecule has 0 bridgehead atoms. The van der Waals surface area contributed by atoms with Gasteiger partial charge in [-0.05, 0) is 76.0 Å². The molecule has 4 aromatic rings. The Kier molecular flexibility index (Phi) is 8.42. The van der Waals surface area contributed by atoms with Crippen molar-refractivity contribution in [3.8, 4) is 5.75 Å². The number of benzene rings is 4. The van der Waals surface area contributed by atoms with Gasteiger partial charge in [0.1, 0.15) is 5.75 Å². The summed E-state index contributed by atoms with van der Waals surface area (Å²) in [7, 11) is 0. The van der Waals surface area contributed by atoms with Crippen LogP contribution in [0.3, 0.4) is 0 Å². The number of carbonyl (C=O) groups is 2. The first-order valence-electron chi connectivity index (χ1n) is 15.4. The van der Waals surface area contributed by atoms with Gasteiger partial charge < -0.3 is 20.5 Å². The Hall–Kier alpha value is -4.94. The van der Waals surface area contributed by atoms with Crippen molar-refractivity contribution in [2.24, 2.45) is 5.41 Å². The van der Waals surface area contributed by atoms with Gasteiger partial charge >= 0.3 is 6.03 Å². The van der Waals surface area contributed by atoms with Gasteiger partial charge in [-0.3, -0.25) is 4.79 Å². The second-order valence-electron chi connectivity index (χ2n) is 12.6. The number of hydrogen-bond donors (Lipinski definition) is 3. The van der Waals surface area contributed by atoms with Crippen LogP contribution in [0.2, 0.25) is 0 Å². The van der Waals surface area contributed by atoms with E-state index in [1.807, 2.05) is 93.6 Å². The number of ketones is 1. The van der Waals surface area contributed by atoms with Crippen molar-refractivity contribution in [1.82, 2.24) is 0 Å². The standard InChI is InChI=1S/C39H38N2O4/c1-39(2,3)37(43)32-23-27-14-8-10-19-31(27)35(36(32)42)34-30-18-9-7-13-26(30)20-21-33(34)45-24-25-12-11-17-29(22-25)41-38(44)40-28-15-5-4-6-16-28/h4-7,9,11-20,22-23,33,42H,8,10,21,24H2,1-3H3,(H2,40,41,44). The molecule has 228 valence electrons. The summed E-state index contributed by atoms with van der Waals surface area (Å²) in [5.74, 6) is -0.0893. The van der Waals surface area contributed by atoms with Gasteiger partial charge in [0.05, 0.1) is 18.3 Å². The molecule has 0 spiro atoms. The second kappa shape index (κ2) is 12.6. The minimum atomic E-state index is -0.656. The molecular formula is C39H38N2O4. The van der Waals surface area contributed by atoms with Crippen molar-refractivity contribution in [3.05, 3.63) is 122 Å². The highest BCUT2D eigenvalue weighted by molar-refractivity contribution is 6.03. The first-order valence-corrected chi connectivity index (χ1v) is 15.4. The van der Waals surface area contributed by atoms with E-state index < -0.39 is 5.41 Å². The molecule has 1 atom stereocenters. The van der Waals surface area contributed by atoms with Crippen molar-refractivity contribution in [1.29, 1.82) is 0 Å². The van der Waals surface area contributed by atoms with E-state index >= 15 is 0 Å². The van der Waals surface area contributed by atoms with Crippen molar-refractivity contribution >= 4 is 47.0 Å². The molecule has 4 aromatic carbocycles. The maximum atomic E-state index is 13.6. The fraction of sp³-hybridized carbons (Fsp3) is 0.231. The number of phenolic OH excluding ortho intramolecular Hbond substituents is 1. The van der Waals surface area contributed by atoms with Gasteiger partial charge in [0.15, 0.2) is 5.78 Å². The Morgan fingerprint density at radius 2 is 1.53 bits per heavy atom. The molecule has 6 heteroatoms. The number of fused-ring (bicyclic) bond motifs is 2. The molecule has 0 aromatic heterocycles. The van der Waals surface area contributed by atoms with Crippen LogP contribution in [0, 0.1) is 5.41 Å². The number of Topliss-reactive ketones (excluding diaryl/α,β-unsaturated/α-hetero) is 1. The smallest absolute Gasteiger partial charge is 0.323 e. The van der Waals surface area contributed by atoms with Gasteiger partial charge in [-0.1, -0.05) is 93.6 Å². The quantitative estimate of drug-likeness (QED) is 0.242. The fourth-order valence-electron chi connectivity index (χ4n) is 6.06. The average molecular weight is 599 g/mol. The van der Waals surface area contributed by atoms with E-state index in [0.717, 1.165) is 44.9 Å². The van der Waals surface area contributed by atoms with Crippen LogP contribution < -0.4 is 31.5 Å². The van der Waals surface area contributed by atoms with Crippen LogP contribution in [0.4, 0.5) is 16.2 Å². The normalized spacial score (nSPS) is 15.4. The summed E-state index contributed by atoms with van der Waals surface area (Å²) in [6, 6.07) is 26.5. The predicted octanol–water partition coefficient (Wildman–Crippen LogP) is 5.59. The van der Waals surface area contributed by atoms with Gasteiger partial charge in [0.2, 0.25) is 0 Å². The lowest BCUT2D eigenvalue weighted by Crippen LogP contribution is -2.41. The Bertz CT molecular complexity index is 2020. The number of hydrogen-bond acceptors (Lipinski definition) is 4. The number of para-hydroxylation sites is 1. The first-order chi connectivity index (χ1) is 21.7. The predicted molar refractivity (Wildman–Crippen MR) is 181 cm³/mol. The summed E-state index contributed by atoms with van der Waals surface area (Å²) in [5, 5.41) is 21.6. The molecule has 6 rings (SSSR count). The number of anilines is 2. The molecule has 2 amide bonds. The zero-order chi connectivity index (χ0) is 31.6. The molecule has 0 heterocycles. The molecule has 0 aliphatic heterocycles. The molecule has 2 aliphatic rings. The van der Waals surface area contributed by atoms with Crippen LogP contribution in [0.5, 0.6) is 5.75 Å². The van der Waals surface area contributed by atoms with Crippen LogP contribution >= 0.6 is 0 Å². The third-order valence-corrected chi connectivity index (χ3v) is 8.24. The maximum absolute atomic E-state index is 13.6. The SMILES string of the molecule is CC(C)(C)C(=O)c1cc2c(c(C3=c4ccccc4=CCC3OCc3cccc(NC(=O)Nc4ccccc4)c3)c1O)=CCCC=2. The fourth-order valence-corrected chi connectivity index (χ4v) is 6.06. The van der Waals surface area contributed by atoms with Crippen LogP contribution in [0.25, 0.3) is 23.8 Å². The highest BCUT2D eigenvalue weighted by Gasteiger charge is 2.31. The van der Waals surface area contributed by atoms with Gasteiger partial charge in [-0.15, -0.1) is 0 Å². The Labute approximate surface area is 263 Å². The molecule has 0 radical (unpaired) electrons. The average Bonchev–Trinajstić information content (AvgIpc) is 3.03. The molecule has 2 aliphatic carbocycles. The Balaban J connectivity index is 1.36. The third-order valence-electron chi connectivity index (χ3n) is 8.24. The molecule has 3 N–H and O–H groups in total. The number of urea groups is 1. The number of aromatic hydroxyl groups is 1. The number of ether oxygens (including phenoxy) is 1. The minimum Gasteiger partial charge on any atom is -0.507 e. The molecule has 0 saturated heterocycles. The van der Waals surface area contributed by atoms with E-state index in [1.54, 1.807) is 0 Å². The van der Waals surface area contributed by atoms with Crippen molar-refractivity contribution in [2.45, 2.75) is 52.7 Å². The lowest BCUT2D eigenvalue weighted by Gasteiger charge is -2.27. The van der Waals surface area contributed by atoms with E-state index in [4.69, 9.17) is 4.74 Å². The van der Waals surface area contributed by atoms with Crippen LogP contribution in [0.1, 0.15) is 61.5 Å². The van der Waals surface area contributed by atoms with E-state index in [2.05, 4.69) is 41.0 Å². The zero-order valence-corrected chi connectivity index (χ0v) is 25.9. The van der Waals surface area contributed by atoms with Crippen LogP contribution in [-0.4, -0.2) is 23.0 Å². The highest BCUT2D eigenvalue weighted by atomic mass is 16.5. The van der Waals surface area contributed by atoms with E-state index in [9.17, 15) is 14.7 Å². The van der Waals surface area contributed by atoms with Gasteiger partial charge in [-0.2, -0.15) is 0 Å².